The summed E-state index contributed by atoms with van der Waals surface area (Å²) in [4.78, 5) is 3.31. The number of aromatic amines is 1. The molecule has 1 aromatic carbocycles. The van der Waals surface area contributed by atoms with E-state index in [9.17, 15) is 0 Å². The number of aryl methyl sites for hydroxylation is 2. The van der Waals surface area contributed by atoms with Gasteiger partial charge in [0.2, 0.25) is 0 Å². The van der Waals surface area contributed by atoms with Crippen molar-refractivity contribution in [2.75, 3.05) is 0 Å². The van der Waals surface area contributed by atoms with Crippen molar-refractivity contribution in [1.29, 1.82) is 0 Å². The first-order valence-corrected chi connectivity index (χ1v) is 5.38. The highest BCUT2D eigenvalue weighted by Crippen LogP contribution is 2.16. The summed E-state index contributed by atoms with van der Waals surface area (Å²) in [5, 5.41) is 1.33. The van der Waals surface area contributed by atoms with Gasteiger partial charge in [-0.05, 0) is 42.5 Å². The van der Waals surface area contributed by atoms with Crippen molar-refractivity contribution in [2.45, 2.75) is 34.1 Å². The molecule has 0 spiro atoms. The van der Waals surface area contributed by atoms with Gasteiger partial charge >= 0.3 is 0 Å². The Hall–Kier alpha value is -1.24. The Balaban J connectivity index is 0.000000461. The van der Waals surface area contributed by atoms with Gasteiger partial charge in [-0.2, -0.15) is 0 Å². The number of fused-ring (bicyclic) bond motifs is 1. The largest absolute Gasteiger partial charge is 0.359 e. The van der Waals surface area contributed by atoms with Gasteiger partial charge in [0.25, 0.3) is 0 Å². The van der Waals surface area contributed by atoms with Crippen LogP contribution in [-0.4, -0.2) is 4.98 Å². The van der Waals surface area contributed by atoms with Crippen LogP contribution in [0.5, 0.6) is 0 Å². The monoisotopic (exact) mass is 189 g/mol. The van der Waals surface area contributed by atoms with E-state index >= 15 is 0 Å². The molecule has 0 amide bonds. The van der Waals surface area contributed by atoms with E-state index in [0.29, 0.717) is 0 Å². The van der Waals surface area contributed by atoms with Gasteiger partial charge in [0.15, 0.2) is 0 Å². The van der Waals surface area contributed by atoms with Crippen LogP contribution in [0.1, 0.15) is 32.0 Å². The van der Waals surface area contributed by atoms with Gasteiger partial charge in [0.1, 0.15) is 0 Å². The van der Waals surface area contributed by atoms with Crippen LogP contribution in [0, 0.1) is 6.92 Å². The molecule has 2 rings (SSSR count). The minimum atomic E-state index is 1.11. The van der Waals surface area contributed by atoms with Gasteiger partial charge in [0.05, 0.1) is 0 Å². The Morgan fingerprint density at radius 1 is 1.14 bits per heavy atom. The van der Waals surface area contributed by atoms with Crippen LogP contribution >= 0.6 is 0 Å². The molecule has 1 heterocycles. The molecule has 0 unspecified atom stereocenters. The van der Waals surface area contributed by atoms with Crippen LogP contribution in [0.4, 0.5) is 0 Å². The molecule has 0 radical (unpaired) electrons. The Kier molecular flexibility index (Phi) is 3.75. The van der Waals surface area contributed by atoms with Crippen molar-refractivity contribution in [3.63, 3.8) is 0 Å². The third-order valence-corrected chi connectivity index (χ3v) is 2.23. The highest BCUT2D eigenvalue weighted by molar-refractivity contribution is 5.81. The standard InChI is InChI=1S/C11H13N.C2H6/c1-3-9-4-5-11-10(7-9)6-8(2)12-11;1-2/h4-7,12H,3H2,1-2H3;1-2H3. The molecule has 1 heteroatoms. The zero-order valence-corrected chi connectivity index (χ0v) is 9.52. The van der Waals surface area contributed by atoms with E-state index in [2.05, 4.69) is 43.1 Å². The molecular weight excluding hydrogens is 170 g/mol. The minimum Gasteiger partial charge on any atom is -0.359 e. The van der Waals surface area contributed by atoms with Gasteiger partial charge in [-0.3, -0.25) is 0 Å². The van der Waals surface area contributed by atoms with Gasteiger partial charge in [-0.1, -0.05) is 26.8 Å². The van der Waals surface area contributed by atoms with Crippen LogP contribution in [0.2, 0.25) is 0 Å². The van der Waals surface area contributed by atoms with Gasteiger partial charge < -0.3 is 4.98 Å². The second-order valence-corrected chi connectivity index (χ2v) is 3.23. The first kappa shape index (κ1) is 10.8. The van der Waals surface area contributed by atoms with E-state index in [1.807, 2.05) is 13.8 Å². The lowest BCUT2D eigenvalue weighted by Crippen LogP contribution is -1.77. The highest BCUT2D eigenvalue weighted by atomic mass is 14.7. The maximum absolute atomic E-state index is 3.31. The predicted molar refractivity (Wildman–Crippen MR) is 63.8 cm³/mol. The van der Waals surface area contributed by atoms with E-state index in [1.54, 1.807) is 0 Å². The van der Waals surface area contributed by atoms with E-state index in [1.165, 1.54) is 22.2 Å². The van der Waals surface area contributed by atoms with E-state index in [0.717, 1.165) is 6.42 Å². The number of benzene rings is 1. The van der Waals surface area contributed by atoms with E-state index < -0.39 is 0 Å². The quantitative estimate of drug-likeness (QED) is 0.696. The normalized spacial score (nSPS) is 9.71. The lowest BCUT2D eigenvalue weighted by atomic mass is 10.1. The molecule has 2 aromatic rings. The van der Waals surface area contributed by atoms with Crippen LogP contribution in [0.3, 0.4) is 0 Å². The smallest absolute Gasteiger partial charge is 0.0456 e. The highest BCUT2D eigenvalue weighted by Gasteiger charge is 1.96. The molecule has 0 aliphatic carbocycles. The van der Waals surface area contributed by atoms with Crippen molar-refractivity contribution >= 4 is 10.9 Å². The number of hydrogen-bond acceptors (Lipinski definition) is 0. The Bertz CT molecular complexity index is 399. The zero-order chi connectivity index (χ0) is 10.6. The molecule has 0 atom stereocenters. The van der Waals surface area contributed by atoms with Crippen LogP contribution in [-0.2, 0) is 6.42 Å². The molecule has 0 saturated heterocycles. The molecule has 0 aliphatic heterocycles. The fraction of sp³-hybridized carbons (Fsp3) is 0.385. The Morgan fingerprint density at radius 2 is 1.86 bits per heavy atom. The summed E-state index contributed by atoms with van der Waals surface area (Å²) in [6.07, 6.45) is 1.11. The lowest BCUT2D eigenvalue weighted by Gasteiger charge is -1.94. The van der Waals surface area contributed by atoms with Crippen molar-refractivity contribution in [3.05, 3.63) is 35.5 Å². The number of nitrogens with one attached hydrogen (secondary N) is 1. The molecule has 14 heavy (non-hydrogen) atoms. The average Bonchev–Trinajstić information content (AvgIpc) is 2.59. The van der Waals surface area contributed by atoms with Crippen LogP contribution < -0.4 is 0 Å². The topological polar surface area (TPSA) is 15.8 Å². The molecule has 76 valence electrons. The summed E-state index contributed by atoms with van der Waals surface area (Å²) in [5.41, 5.74) is 3.88. The SMILES string of the molecule is CC.CCc1ccc2[nH]c(C)cc2c1. The fourth-order valence-electron chi connectivity index (χ4n) is 1.55. The first-order valence-electron chi connectivity index (χ1n) is 5.38. The summed E-state index contributed by atoms with van der Waals surface area (Å²) in [5.74, 6) is 0. The third kappa shape index (κ3) is 2.16. The van der Waals surface area contributed by atoms with Gasteiger partial charge in [0, 0.05) is 11.2 Å². The number of hydrogen-bond donors (Lipinski definition) is 1. The molecule has 1 nitrogen and oxygen atoms in total. The molecular formula is C13H19N. The maximum atomic E-state index is 3.31. The van der Waals surface area contributed by atoms with Gasteiger partial charge in [-0.15, -0.1) is 0 Å². The van der Waals surface area contributed by atoms with Crippen molar-refractivity contribution in [2.24, 2.45) is 0 Å². The molecule has 1 N–H and O–H groups in total. The van der Waals surface area contributed by atoms with E-state index in [4.69, 9.17) is 0 Å². The minimum absolute atomic E-state index is 1.11. The second kappa shape index (κ2) is 4.85. The first-order chi connectivity index (χ1) is 6.79. The summed E-state index contributed by atoms with van der Waals surface area (Å²) in [7, 11) is 0. The van der Waals surface area contributed by atoms with E-state index in [-0.39, 0.29) is 0 Å². The lowest BCUT2D eigenvalue weighted by molar-refractivity contribution is 1.15. The van der Waals surface area contributed by atoms with Gasteiger partial charge in [-0.25, -0.2) is 0 Å². The van der Waals surface area contributed by atoms with Crippen LogP contribution in [0.25, 0.3) is 10.9 Å². The predicted octanol–water partition coefficient (Wildman–Crippen LogP) is 4.06. The molecule has 0 saturated carbocycles. The zero-order valence-electron chi connectivity index (χ0n) is 9.52. The number of H-pyrrole nitrogens is 1. The molecule has 0 aliphatic rings. The summed E-state index contributed by atoms with van der Waals surface area (Å²) in [6, 6.07) is 8.77. The average molecular weight is 189 g/mol. The summed E-state index contributed by atoms with van der Waals surface area (Å²) >= 11 is 0. The Labute approximate surface area is 86.2 Å². The van der Waals surface area contributed by atoms with Crippen molar-refractivity contribution in [3.8, 4) is 0 Å². The fourth-order valence-corrected chi connectivity index (χ4v) is 1.55. The van der Waals surface area contributed by atoms with Crippen molar-refractivity contribution < 1.29 is 0 Å². The molecule has 0 fully saturated rings. The Morgan fingerprint density at radius 3 is 2.50 bits per heavy atom. The summed E-state index contributed by atoms with van der Waals surface area (Å²) in [6.45, 7) is 8.27. The number of rotatable bonds is 1. The molecule has 0 bridgehead atoms. The molecule has 1 aromatic heterocycles. The maximum Gasteiger partial charge on any atom is 0.0456 e. The second-order valence-electron chi connectivity index (χ2n) is 3.23. The summed E-state index contributed by atoms with van der Waals surface area (Å²) < 4.78 is 0. The number of aromatic nitrogens is 1. The van der Waals surface area contributed by atoms with Crippen LogP contribution in [0.15, 0.2) is 24.3 Å². The third-order valence-electron chi connectivity index (χ3n) is 2.23. The van der Waals surface area contributed by atoms with Crippen molar-refractivity contribution in [1.82, 2.24) is 4.98 Å².